The fourth-order valence-electron chi connectivity index (χ4n) is 4.36. The van der Waals surface area contributed by atoms with E-state index in [1.54, 1.807) is 16.2 Å². The summed E-state index contributed by atoms with van der Waals surface area (Å²) in [5.74, 6) is 1.00. The summed E-state index contributed by atoms with van der Waals surface area (Å²) in [5.41, 5.74) is 5.54. The average molecular weight is 410 g/mol. The third kappa shape index (κ3) is 4.02. The Labute approximate surface area is 177 Å². The molecule has 0 spiro atoms. The van der Waals surface area contributed by atoms with Crippen LogP contribution in [-0.4, -0.2) is 39.9 Å². The molecule has 6 nitrogen and oxygen atoms in total. The smallest absolute Gasteiger partial charge is 0.328 e. The molecule has 0 radical (unpaired) electrons. The zero-order valence-corrected chi connectivity index (χ0v) is 18.6. The Hall–Kier alpha value is -2.57. The van der Waals surface area contributed by atoms with Crippen molar-refractivity contribution in [2.24, 2.45) is 14.1 Å². The van der Waals surface area contributed by atoms with Crippen molar-refractivity contribution in [1.82, 2.24) is 14.0 Å². The van der Waals surface area contributed by atoms with E-state index in [-0.39, 0.29) is 11.3 Å². The van der Waals surface area contributed by atoms with Crippen molar-refractivity contribution in [3.8, 4) is 5.75 Å². The second-order valence-electron chi connectivity index (χ2n) is 8.91. The van der Waals surface area contributed by atoms with Gasteiger partial charge in [-0.3, -0.25) is 14.0 Å². The average Bonchev–Trinajstić information content (AvgIpc) is 3.13. The van der Waals surface area contributed by atoms with Crippen molar-refractivity contribution in [2.45, 2.75) is 39.0 Å². The molecule has 4 rings (SSSR count). The third-order valence-corrected chi connectivity index (χ3v) is 5.89. The van der Waals surface area contributed by atoms with Crippen LogP contribution < -0.4 is 10.4 Å². The van der Waals surface area contributed by atoms with Gasteiger partial charge in [-0.25, -0.2) is 4.79 Å². The van der Waals surface area contributed by atoms with Crippen LogP contribution in [0.1, 0.15) is 30.5 Å². The molecule has 6 heteroatoms. The van der Waals surface area contributed by atoms with E-state index < -0.39 is 0 Å². The molecular weight excluding hydrogens is 378 g/mol. The first-order valence-electron chi connectivity index (χ1n) is 10.4. The molecule has 30 heavy (non-hydrogen) atoms. The highest BCUT2D eigenvalue weighted by Gasteiger charge is 2.30. The number of methoxy groups -OCH3 is 1. The predicted molar refractivity (Wildman–Crippen MR) is 119 cm³/mol. The van der Waals surface area contributed by atoms with Crippen molar-refractivity contribution in [1.29, 1.82) is 0 Å². The van der Waals surface area contributed by atoms with E-state index in [4.69, 9.17) is 9.47 Å². The van der Waals surface area contributed by atoms with Gasteiger partial charge in [0, 0.05) is 47.3 Å². The van der Waals surface area contributed by atoms with Crippen molar-refractivity contribution in [3.63, 3.8) is 0 Å². The highest BCUT2D eigenvalue weighted by molar-refractivity contribution is 5.76. The maximum atomic E-state index is 12.2. The van der Waals surface area contributed by atoms with Gasteiger partial charge in [0.25, 0.3) is 0 Å². The van der Waals surface area contributed by atoms with Gasteiger partial charge in [0.15, 0.2) is 0 Å². The zero-order chi connectivity index (χ0) is 21.5. The summed E-state index contributed by atoms with van der Waals surface area (Å²) in [6.07, 6.45) is 0.937. The zero-order valence-electron chi connectivity index (χ0n) is 18.6. The molecule has 0 amide bonds. The Morgan fingerprint density at radius 3 is 2.43 bits per heavy atom. The molecule has 0 unspecified atom stereocenters. The van der Waals surface area contributed by atoms with Crippen LogP contribution in [0.15, 0.2) is 41.2 Å². The fraction of sp³-hybridized carbons (Fsp3) is 0.458. The van der Waals surface area contributed by atoms with Gasteiger partial charge >= 0.3 is 5.69 Å². The first kappa shape index (κ1) is 20.7. The van der Waals surface area contributed by atoms with Crippen molar-refractivity contribution < 1.29 is 9.47 Å². The Kier molecular flexibility index (Phi) is 5.47. The van der Waals surface area contributed by atoms with Crippen LogP contribution in [-0.2, 0) is 38.3 Å². The number of nitrogens with zero attached hydrogens (tertiary/aromatic N) is 3. The van der Waals surface area contributed by atoms with Crippen LogP contribution in [0.3, 0.4) is 0 Å². The highest BCUT2D eigenvalue weighted by Crippen LogP contribution is 2.35. The number of aromatic nitrogens is 2. The lowest BCUT2D eigenvalue weighted by Crippen LogP contribution is -2.26. The molecule has 0 saturated heterocycles. The second kappa shape index (κ2) is 7.93. The summed E-state index contributed by atoms with van der Waals surface area (Å²) in [7, 11) is 5.37. The van der Waals surface area contributed by atoms with Gasteiger partial charge in [0.1, 0.15) is 11.4 Å². The molecule has 1 aromatic heterocycles. The number of hydrogen-bond donors (Lipinski definition) is 0. The van der Waals surface area contributed by atoms with Gasteiger partial charge in [0.2, 0.25) is 0 Å². The van der Waals surface area contributed by atoms with Crippen LogP contribution >= 0.6 is 0 Å². The molecule has 2 aromatic carbocycles. The maximum absolute atomic E-state index is 12.2. The molecule has 160 valence electrons. The van der Waals surface area contributed by atoms with Crippen LogP contribution in [0.4, 0.5) is 0 Å². The third-order valence-electron chi connectivity index (χ3n) is 5.89. The molecular formula is C24H31N3O3. The number of fused-ring (bicyclic) bond motifs is 2. The number of imidazole rings is 1. The van der Waals surface area contributed by atoms with Gasteiger partial charge in [-0.2, -0.15) is 0 Å². The standard InChI is InChI=1S/C24H31N3O3/c1-24(2)14-19-12-17(7-9-22(19)30-24)15-27(10-11-29-5)16-18-6-8-20-21(13-18)26(4)23(28)25(20)3/h6-9,12-13H,10-11,14-16H2,1-5H3. The monoisotopic (exact) mass is 409 g/mol. The molecule has 2 heterocycles. The Balaban J connectivity index is 1.56. The maximum Gasteiger partial charge on any atom is 0.328 e. The summed E-state index contributed by atoms with van der Waals surface area (Å²) in [6.45, 7) is 7.40. The Morgan fingerprint density at radius 2 is 1.70 bits per heavy atom. The summed E-state index contributed by atoms with van der Waals surface area (Å²) >= 11 is 0. The lowest BCUT2D eigenvalue weighted by atomic mass is 10.00. The van der Waals surface area contributed by atoms with Crippen LogP contribution in [0, 0.1) is 0 Å². The summed E-state index contributed by atoms with van der Waals surface area (Å²) < 4.78 is 14.8. The minimum atomic E-state index is -0.127. The molecule has 0 aliphatic carbocycles. The van der Waals surface area contributed by atoms with E-state index in [0.717, 1.165) is 42.8 Å². The van der Waals surface area contributed by atoms with Crippen LogP contribution in [0.2, 0.25) is 0 Å². The van der Waals surface area contributed by atoms with Gasteiger partial charge in [0.05, 0.1) is 17.6 Å². The number of hydrogen-bond acceptors (Lipinski definition) is 4. The summed E-state index contributed by atoms with van der Waals surface area (Å²) in [5, 5.41) is 0. The topological polar surface area (TPSA) is 48.6 Å². The summed E-state index contributed by atoms with van der Waals surface area (Å²) in [4.78, 5) is 14.6. The van der Waals surface area contributed by atoms with E-state index in [2.05, 4.69) is 49.1 Å². The lowest BCUT2D eigenvalue weighted by Gasteiger charge is -2.22. The second-order valence-corrected chi connectivity index (χ2v) is 8.91. The van der Waals surface area contributed by atoms with Gasteiger partial charge in [-0.15, -0.1) is 0 Å². The minimum absolute atomic E-state index is 0.00155. The molecule has 0 saturated carbocycles. The minimum Gasteiger partial charge on any atom is -0.487 e. The van der Waals surface area contributed by atoms with Crippen molar-refractivity contribution >= 4 is 11.0 Å². The van der Waals surface area contributed by atoms with Crippen molar-refractivity contribution in [2.75, 3.05) is 20.3 Å². The molecule has 1 aliphatic heterocycles. The van der Waals surface area contributed by atoms with Crippen molar-refractivity contribution in [3.05, 3.63) is 63.6 Å². The first-order valence-corrected chi connectivity index (χ1v) is 10.4. The van der Waals surface area contributed by atoms with E-state index in [1.807, 2.05) is 20.2 Å². The molecule has 1 aliphatic rings. The fourth-order valence-corrected chi connectivity index (χ4v) is 4.36. The van der Waals surface area contributed by atoms with Crippen LogP contribution in [0.5, 0.6) is 5.75 Å². The Bertz CT molecular complexity index is 1130. The largest absolute Gasteiger partial charge is 0.487 e. The quantitative estimate of drug-likeness (QED) is 0.601. The van der Waals surface area contributed by atoms with Gasteiger partial charge in [-0.05, 0) is 48.7 Å². The molecule has 0 N–H and O–H groups in total. The van der Waals surface area contributed by atoms with E-state index in [9.17, 15) is 4.79 Å². The number of ether oxygens (including phenoxy) is 2. The van der Waals surface area contributed by atoms with Crippen LogP contribution in [0.25, 0.3) is 11.0 Å². The first-order chi connectivity index (χ1) is 14.3. The Morgan fingerprint density at radius 1 is 1.03 bits per heavy atom. The van der Waals surface area contributed by atoms with E-state index in [1.165, 1.54) is 16.7 Å². The van der Waals surface area contributed by atoms with Gasteiger partial charge < -0.3 is 9.47 Å². The number of rotatable bonds is 7. The molecule has 3 aromatic rings. The summed E-state index contributed by atoms with van der Waals surface area (Å²) in [6, 6.07) is 12.8. The SMILES string of the molecule is COCCN(Cc1ccc2c(c1)CC(C)(C)O2)Cc1ccc2c(c1)n(C)c(=O)n2C. The molecule has 0 fully saturated rings. The lowest BCUT2D eigenvalue weighted by molar-refractivity contribution is 0.138. The molecule has 0 atom stereocenters. The highest BCUT2D eigenvalue weighted by atomic mass is 16.5. The predicted octanol–water partition coefficient (Wildman–Crippen LogP) is 3.24. The molecule has 0 bridgehead atoms. The van der Waals surface area contributed by atoms with E-state index >= 15 is 0 Å². The normalized spacial score (nSPS) is 15.0. The van der Waals surface area contributed by atoms with Gasteiger partial charge in [-0.1, -0.05) is 18.2 Å². The number of aryl methyl sites for hydroxylation is 2. The number of benzene rings is 2. The van der Waals surface area contributed by atoms with E-state index in [0.29, 0.717) is 6.61 Å².